The van der Waals surface area contributed by atoms with E-state index >= 15 is 0 Å². The summed E-state index contributed by atoms with van der Waals surface area (Å²) < 4.78 is 18.8. The van der Waals surface area contributed by atoms with Crippen molar-refractivity contribution < 1.29 is 19.0 Å². The fraction of sp³-hybridized carbons (Fsp3) is 0.613. The van der Waals surface area contributed by atoms with Gasteiger partial charge in [-0.2, -0.15) is 5.10 Å². The molecule has 0 radical (unpaired) electrons. The van der Waals surface area contributed by atoms with Gasteiger partial charge in [-0.05, 0) is 67.0 Å². The summed E-state index contributed by atoms with van der Waals surface area (Å²) in [6, 6.07) is 5.65. The zero-order valence-electron chi connectivity index (χ0n) is 25.2. The number of hydrogen-bond acceptors (Lipinski definition) is 5. The van der Waals surface area contributed by atoms with Crippen LogP contribution in [0.25, 0.3) is 22.3 Å². The SMILES string of the molecule is CCC1(CC)C(=O)N(CCOCCOC)c2cc3c4c([nH]c3cc21)-c1nn(COCC[Si](C)(C)C)cc1CCC4. The molecule has 40 heavy (non-hydrogen) atoms. The highest BCUT2D eigenvalue weighted by Crippen LogP contribution is 2.49. The minimum Gasteiger partial charge on any atom is -0.382 e. The molecule has 3 aromatic rings. The van der Waals surface area contributed by atoms with Crippen LogP contribution in [0.3, 0.4) is 0 Å². The van der Waals surface area contributed by atoms with E-state index in [1.54, 1.807) is 7.11 Å². The summed E-state index contributed by atoms with van der Waals surface area (Å²) >= 11 is 0. The van der Waals surface area contributed by atoms with E-state index in [0.29, 0.717) is 33.1 Å². The fourth-order valence-electron chi connectivity index (χ4n) is 6.31. The molecule has 8 nitrogen and oxygen atoms in total. The lowest BCUT2D eigenvalue weighted by Crippen LogP contribution is -2.41. The van der Waals surface area contributed by atoms with Crippen molar-refractivity contribution in [3.63, 3.8) is 0 Å². The topological polar surface area (TPSA) is 81.6 Å². The monoisotopic (exact) mass is 566 g/mol. The number of ether oxygens (including phenoxy) is 3. The standard InChI is InChI=1S/C31H46N4O4Si/c1-7-31(8-2)25-19-26-24(18-27(25)35(30(31)36)12-13-38-15-14-37-3)23-11-9-10-22-20-34(33-28(22)29(23)32-26)21-39-16-17-40(4,5)6/h18-20,32H,7-17,21H2,1-6H3. The van der Waals surface area contributed by atoms with Crippen molar-refractivity contribution in [3.05, 3.63) is 35.0 Å². The second kappa shape index (κ2) is 11.8. The van der Waals surface area contributed by atoms with Gasteiger partial charge in [-0.1, -0.05) is 33.5 Å². The Balaban J connectivity index is 1.47. The van der Waals surface area contributed by atoms with Gasteiger partial charge in [-0.3, -0.25) is 4.79 Å². The second-order valence-electron chi connectivity index (χ2n) is 12.5. The van der Waals surface area contributed by atoms with Crippen LogP contribution in [0.5, 0.6) is 0 Å². The zero-order chi connectivity index (χ0) is 28.5. The number of nitrogens with one attached hydrogen (secondary N) is 1. The van der Waals surface area contributed by atoms with E-state index < -0.39 is 13.5 Å². The van der Waals surface area contributed by atoms with Crippen molar-refractivity contribution >= 4 is 30.6 Å². The number of aromatic amines is 1. The Morgan fingerprint density at radius 2 is 1.85 bits per heavy atom. The lowest BCUT2D eigenvalue weighted by atomic mass is 9.76. The molecule has 1 N–H and O–H groups in total. The summed E-state index contributed by atoms with van der Waals surface area (Å²) in [6.45, 7) is 14.8. The molecule has 0 bridgehead atoms. The van der Waals surface area contributed by atoms with Gasteiger partial charge in [0.05, 0.1) is 30.9 Å². The fourth-order valence-corrected chi connectivity index (χ4v) is 7.06. The van der Waals surface area contributed by atoms with E-state index in [9.17, 15) is 4.79 Å². The minimum atomic E-state index is -1.12. The second-order valence-corrected chi connectivity index (χ2v) is 18.1. The third kappa shape index (κ3) is 5.41. The van der Waals surface area contributed by atoms with Crippen molar-refractivity contribution in [2.75, 3.05) is 45.0 Å². The van der Waals surface area contributed by atoms with Gasteiger partial charge in [0.2, 0.25) is 5.91 Å². The highest BCUT2D eigenvalue weighted by atomic mass is 28.3. The van der Waals surface area contributed by atoms with Gasteiger partial charge in [0.1, 0.15) is 12.4 Å². The van der Waals surface area contributed by atoms with Crippen LogP contribution in [0.4, 0.5) is 5.69 Å². The molecule has 1 amide bonds. The number of anilines is 1. The van der Waals surface area contributed by atoms with Gasteiger partial charge in [0, 0.05) is 51.1 Å². The van der Waals surface area contributed by atoms with Crippen molar-refractivity contribution in [2.45, 2.75) is 83.8 Å². The first-order valence-corrected chi connectivity index (χ1v) is 18.6. The Hall–Kier alpha value is -2.46. The van der Waals surface area contributed by atoms with Gasteiger partial charge in [-0.15, -0.1) is 0 Å². The average Bonchev–Trinajstić information content (AvgIpc) is 3.52. The number of amides is 1. The molecule has 3 heterocycles. The molecule has 9 heteroatoms. The summed E-state index contributed by atoms with van der Waals surface area (Å²) in [4.78, 5) is 19.6. The van der Waals surface area contributed by atoms with Crippen LogP contribution < -0.4 is 4.90 Å². The summed E-state index contributed by atoms with van der Waals surface area (Å²) in [5.41, 5.74) is 7.48. The molecule has 2 aromatic heterocycles. The van der Waals surface area contributed by atoms with Crippen molar-refractivity contribution in [3.8, 4) is 11.4 Å². The van der Waals surface area contributed by atoms with Crippen LogP contribution in [-0.4, -0.2) is 68.8 Å². The average molecular weight is 567 g/mol. The molecule has 0 fully saturated rings. The molecular weight excluding hydrogens is 520 g/mol. The van der Waals surface area contributed by atoms with Crippen LogP contribution >= 0.6 is 0 Å². The van der Waals surface area contributed by atoms with Gasteiger partial charge in [0.15, 0.2) is 0 Å². The largest absolute Gasteiger partial charge is 0.382 e. The summed E-state index contributed by atoms with van der Waals surface area (Å²) in [6.07, 6.45) is 6.75. The number of H-pyrrole nitrogens is 1. The molecule has 1 aromatic carbocycles. The molecule has 0 atom stereocenters. The number of aromatic nitrogens is 3. The van der Waals surface area contributed by atoms with Crippen molar-refractivity contribution in [1.82, 2.24) is 14.8 Å². The quantitative estimate of drug-likeness (QED) is 0.206. The van der Waals surface area contributed by atoms with E-state index in [1.807, 2.05) is 9.58 Å². The number of fused-ring (bicyclic) bond motifs is 6. The number of carbonyl (C=O) groups is 1. The molecular formula is C31H46N4O4Si. The number of hydrogen-bond donors (Lipinski definition) is 1. The predicted molar refractivity (Wildman–Crippen MR) is 163 cm³/mol. The maximum Gasteiger partial charge on any atom is 0.237 e. The first kappa shape index (κ1) is 29.0. The van der Waals surface area contributed by atoms with Crippen LogP contribution in [0.1, 0.15) is 49.8 Å². The van der Waals surface area contributed by atoms with E-state index in [-0.39, 0.29) is 5.91 Å². The summed E-state index contributed by atoms with van der Waals surface area (Å²) in [5.74, 6) is 0.191. The van der Waals surface area contributed by atoms with Gasteiger partial charge < -0.3 is 24.1 Å². The van der Waals surface area contributed by atoms with Crippen LogP contribution in [0.2, 0.25) is 25.7 Å². The Morgan fingerprint density at radius 1 is 1.05 bits per heavy atom. The molecule has 0 spiro atoms. The molecule has 2 aliphatic rings. The van der Waals surface area contributed by atoms with Crippen molar-refractivity contribution in [1.29, 1.82) is 0 Å². The number of carbonyl (C=O) groups excluding carboxylic acids is 1. The van der Waals surface area contributed by atoms with Gasteiger partial charge in [-0.25, -0.2) is 4.68 Å². The van der Waals surface area contributed by atoms with Gasteiger partial charge >= 0.3 is 0 Å². The molecule has 0 unspecified atom stereocenters. The smallest absolute Gasteiger partial charge is 0.237 e. The maximum atomic E-state index is 13.9. The number of nitrogens with zero attached hydrogens (tertiary/aromatic N) is 3. The third-order valence-corrected chi connectivity index (χ3v) is 10.5. The number of rotatable bonds is 13. The number of benzene rings is 1. The molecule has 0 saturated carbocycles. The van der Waals surface area contributed by atoms with Crippen LogP contribution in [0, 0.1) is 0 Å². The molecule has 218 valence electrons. The van der Waals surface area contributed by atoms with E-state index in [0.717, 1.165) is 72.9 Å². The van der Waals surface area contributed by atoms with E-state index in [2.05, 4.69) is 56.8 Å². The van der Waals surface area contributed by atoms with Gasteiger partial charge in [0.25, 0.3) is 0 Å². The Bertz CT molecular complexity index is 1350. The lowest BCUT2D eigenvalue weighted by Gasteiger charge is -2.26. The van der Waals surface area contributed by atoms with E-state index in [4.69, 9.17) is 19.3 Å². The Morgan fingerprint density at radius 3 is 2.58 bits per heavy atom. The van der Waals surface area contributed by atoms with Crippen LogP contribution in [0.15, 0.2) is 18.3 Å². The Labute approximate surface area is 239 Å². The third-order valence-electron chi connectivity index (χ3n) is 8.75. The summed E-state index contributed by atoms with van der Waals surface area (Å²) in [5, 5.41) is 6.19. The number of aryl methyl sites for hydroxylation is 2. The number of methoxy groups -OCH3 is 1. The zero-order valence-corrected chi connectivity index (χ0v) is 26.2. The predicted octanol–water partition coefficient (Wildman–Crippen LogP) is 5.90. The maximum absolute atomic E-state index is 13.9. The lowest BCUT2D eigenvalue weighted by molar-refractivity contribution is -0.123. The Kier molecular flexibility index (Phi) is 8.57. The van der Waals surface area contributed by atoms with Crippen molar-refractivity contribution in [2.24, 2.45) is 0 Å². The first-order chi connectivity index (χ1) is 19.2. The molecule has 1 aliphatic heterocycles. The highest BCUT2D eigenvalue weighted by molar-refractivity contribution is 6.76. The van der Waals surface area contributed by atoms with Crippen LogP contribution in [-0.2, 0) is 44.0 Å². The minimum absolute atomic E-state index is 0.191. The first-order valence-electron chi connectivity index (χ1n) is 14.9. The molecule has 0 saturated heterocycles. The summed E-state index contributed by atoms with van der Waals surface area (Å²) in [7, 11) is 0.548. The van der Waals surface area contributed by atoms with E-state index in [1.165, 1.54) is 16.5 Å². The molecule has 5 rings (SSSR count). The highest BCUT2D eigenvalue weighted by Gasteiger charge is 2.48. The molecule has 1 aliphatic carbocycles. The normalized spacial score (nSPS) is 16.4.